The first-order valence-electron chi connectivity index (χ1n) is 2.26. The van der Waals surface area contributed by atoms with Crippen molar-refractivity contribution in [1.82, 2.24) is 0 Å². The van der Waals surface area contributed by atoms with Crippen molar-refractivity contribution >= 4 is 29.5 Å². The van der Waals surface area contributed by atoms with Gasteiger partial charge in [-0.1, -0.05) is 23.2 Å². The smallest absolute Gasteiger partial charge is 0.243 e. The maximum Gasteiger partial charge on any atom is 0.243 e. The molecule has 1 aliphatic rings. The Morgan fingerprint density at radius 1 is 1.67 bits per heavy atom. The molecule has 1 unspecified atom stereocenters. The lowest BCUT2D eigenvalue weighted by Crippen LogP contribution is -2.16. The first-order chi connectivity index (χ1) is 4.14. The van der Waals surface area contributed by atoms with Gasteiger partial charge in [-0.15, -0.1) is 0 Å². The van der Waals surface area contributed by atoms with Crippen LogP contribution in [0.15, 0.2) is 0 Å². The number of carbonyl (C=O) groups is 1. The van der Waals surface area contributed by atoms with Crippen molar-refractivity contribution in [2.24, 2.45) is 0 Å². The third-order valence-corrected chi connectivity index (χ3v) is 1.21. The van der Waals surface area contributed by atoms with Gasteiger partial charge in [0.1, 0.15) is 6.61 Å². The fraction of sp³-hybridized carbons (Fsp3) is 0.750. The van der Waals surface area contributed by atoms with Crippen molar-refractivity contribution in [3.8, 4) is 0 Å². The molecular weight excluding hydrogens is 167 g/mol. The Balaban J connectivity index is 2.47. The number of hydrogen-bond donors (Lipinski definition) is 0. The summed E-state index contributed by atoms with van der Waals surface area (Å²) >= 11 is 10.8. The van der Waals surface area contributed by atoms with Crippen LogP contribution in [0.25, 0.3) is 0 Å². The first-order valence-corrected chi connectivity index (χ1v) is 3.02. The molecule has 0 amide bonds. The number of hydrogen-bond acceptors (Lipinski definition) is 3. The summed E-state index contributed by atoms with van der Waals surface area (Å²) in [4.78, 5) is 9.93. The zero-order valence-electron chi connectivity index (χ0n) is 4.34. The van der Waals surface area contributed by atoms with Crippen LogP contribution >= 0.6 is 23.2 Å². The summed E-state index contributed by atoms with van der Waals surface area (Å²) in [6, 6.07) is 0. The number of aldehydes is 1. The Labute approximate surface area is 61.8 Å². The molecule has 0 saturated carbocycles. The van der Waals surface area contributed by atoms with E-state index in [9.17, 15) is 4.79 Å². The SMILES string of the molecule is O=CC1OCC(Cl)(Cl)O1. The zero-order chi connectivity index (χ0) is 6.91. The van der Waals surface area contributed by atoms with Gasteiger partial charge in [0.15, 0.2) is 6.29 Å². The minimum Gasteiger partial charge on any atom is -0.340 e. The van der Waals surface area contributed by atoms with Crippen LogP contribution < -0.4 is 0 Å². The second-order valence-electron chi connectivity index (χ2n) is 1.57. The molecule has 1 saturated heterocycles. The lowest BCUT2D eigenvalue weighted by atomic mass is 10.7. The molecule has 0 bridgehead atoms. The molecule has 9 heavy (non-hydrogen) atoms. The Bertz CT molecular complexity index is 125. The predicted molar refractivity (Wildman–Crippen MR) is 31.3 cm³/mol. The highest BCUT2D eigenvalue weighted by Crippen LogP contribution is 2.30. The van der Waals surface area contributed by atoms with E-state index in [1.807, 2.05) is 0 Å². The molecule has 0 aliphatic carbocycles. The van der Waals surface area contributed by atoms with Crippen molar-refractivity contribution in [3.05, 3.63) is 0 Å². The lowest BCUT2D eigenvalue weighted by molar-refractivity contribution is -0.132. The van der Waals surface area contributed by atoms with Crippen LogP contribution in [0.5, 0.6) is 0 Å². The van der Waals surface area contributed by atoms with Gasteiger partial charge < -0.3 is 9.47 Å². The van der Waals surface area contributed by atoms with Crippen LogP contribution in [-0.2, 0) is 14.3 Å². The molecule has 1 fully saturated rings. The highest BCUT2D eigenvalue weighted by atomic mass is 35.5. The number of rotatable bonds is 1. The number of halogens is 2. The van der Waals surface area contributed by atoms with Crippen molar-refractivity contribution < 1.29 is 14.3 Å². The van der Waals surface area contributed by atoms with Crippen molar-refractivity contribution in [3.63, 3.8) is 0 Å². The monoisotopic (exact) mass is 170 g/mol. The van der Waals surface area contributed by atoms with Gasteiger partial charge in [-0.2, -0.15) is 0 Å². The minimum absolute atomic E-state index is 0.0273. The normalized spacial score (nSPS) is 32.4. The van der Waals surface area contributed by atoms with Gasteiger partial charge >= 0.3 is 0 Å². The van der Waals surface area contributed by atoms with Gasteiger partial charge in [0.2, 0.25) is 10.8 Å². The van der Waals surface area contributed by atoms with Gasteiger partial charge in [0.05, 0.1) is 0 Å². The summed E-state index contributed by atoms with van der Waals surface area (Å²) < 4.78 is 7.96. The van der Waals surface area contributed by atoms with E-state index < -0.39 is 10.8 Å². The van der Waals surface area contributed by atoms with E-state index in [1.54, 1.807) is 0 Å². The highest BCUT2D eigenvalue weighted by Gasteiger charge is 2.37. The van der Waals surface area contributed by atoms with Crippen molar-refractivity contribution in [2.45, 2.75) is 10.8 Å². The molecule has 1 atom stereocenters. The third kappa shape index (κ3) is 1.79. The summed E-state index contributed by atoms with van der Waals surface area (Å²) in [5.74, 6) is 0. The fourth-order valence-corrected chi connectivity index (χ4v) is 0.786. The topological polar surface area (TPSA) is 35.5 Å². The summed E-state index contributed by atoms with van der Waals surface area (Å²) in [6.45, 7) is 0.0273. The van der Waals surface area contributed by atoms with Crippen LogP contribution in [0.1, 0.15) is 0 Å². The second-order valence-corrected chi connectivity index (χ2v) is 2.99. The molecule has 3 nitrogen and oxygen atoms in total. The Kier molecular flexibility index (Phi) is 1.96. The summed E-state index contributed by atoms with van der Waals surface area (Å²) in [6.07, 6.45) is -0.410. The highest BCUT2D eigenvalue weighted by molar-refractivity contribution is 6.47. The van der Waals surface area contributed by atoms with Crippen LogP contribution in [0.2, 0.25) is 0 Å². The van der Waals surface area contributed by atoms with Crippen molar-refractivity contribution in [1.29, 1.82) is 0 Å². The number of carbonyl (C=O) groups excluding carboxylic acids is 1. The third-order valence-electron chi connectivity index (χ3n) is 0.815. The largest absolute Gasteiger partial charge is 0.340 e. The molecule has 1 heterocycles. The van der Waals surface area contributed by atoms with E-state index in [4.69, 9.17) is 23.2 Å². The standard InChI is InChI=1S/C4H4Cl2O3/c5-4(6)2-8-3(1-7)9-4/h1,3H,2H2. The molecule has 5 heteroatoms. The molecule has 0 aromatic heterocycles. The molecule has 0 N–H and O–H groups in total. The van der Waals surface area contributed by atoms with E-state index in [0.717, 1.165) is 0 Å². The number of alkyl halides is 2. The minimum atomic E-state index is -1.34. The summed E-state index contributed by atoms with van der Waals surface area (Å²) in [7, 11) is 0. The zero-order valence-corrected chi connectivity index (χ0v) is 5.85. The first kappa shape index (κ1) is 7.28. The van der Waals surface area contributed by atoms with Gasteiger partial charge in [0.25, 0.3) is 0 Å². The van der Waals surface area contributed by atoms with E-state index in [0.29, 0.717) is 6.29 Å². The molecule has 1 rings (SSSR count). The molecule has 0 aromatic carbocycles. The Morgan fingerprint density at radius 2 is 2.33 bits per heavy atom. The molecule has 0 spiro atoms. The van der Waals surface area contributed by atoms with Crippen LogP contribution in [0.3, 0.4) is 0 Å². The maximum absolute atomic E-state index is 9.93. The van der Waals surface area contributed by atoms with Gasteiger partial charge in [-0.3, -0.25) is 4.79 Å². The Hall–Kier alpha value is 0.170. The lowest BCUT2D eigenvalue weighted by Gasteiger charge is -2.06. The number of ether oxygens (including phenoxy) is 2. The van der Waals surface area contributed by atoms with Gasteiger partial charge in [0, 0.05) is 0 Å². The maximum atomic E-state index is 9.93. The second kappa shape index (κ2) is 2.42. The molecule has 0 aromatic rings. The average Bonchev–Trinajstić information content (AvgIpc) is 2.10. The van der Waals surface area contributed by atoms with E-state index in [2.05, 4.69) is 9.47 Å². The molecule has 1 aliphatic heterocycles. The van der Waals surface area contributed by atoms with Crippen LogP contribution in [-0.4, -0.2) is 23.7 Å². The quantitative estimate of drug-likeness (QED) is 0.430. The summed E-state index contributed by atoms with van der Waals surface area (Å²) in [5.41, 5.74) is 0. The van der Waals surface area contributed by atoms with Crippen LogP contribution in [0, 0.1) is 0 Å². The molecule has 0 radical (unpaired) electrons. The molecular formula is C4H4Cl2O3. The Morgan fingerprint density at radius 3 is 2.56 bits per heavy atom. The van der Waals surface area contributed by atoms with E-state index in [-0.39, 0.29) is 6.61 Å². The summed E-state index contributed by atoms with van der Waals surface area (Å²) in [5, 5.41) is 0. The molecule has 52 valence electrons. The predicted octanol–water partition coefficient (Wildman–Crippen LogP) is 0.690. The van der Waals surface area contributed by atoms with Gasteiger partial charge in [-0.25, -0.2) is 0 Å². The fourth-order valence-electron chi connectivity index (χ4n) is 0.484. The average molecular weight is 171 g/mol. The van der Waals surface area contributed by atoms with E-state index >= 15 is 0 Å². The van der Waals surface area contributed by atoms with Gasteiger partial charge in [-0.05, 0) is 0 Å². The van der Waals surface area contributed by atoms with Crippen LogP contribution in [0.4, 0.5) is 0 Å². The van der Waals surface area contributed by atoms with E-state index in [1.165, 1.54) is 0 Å². The van der Waals surface area contributed by atoms with Crippen molar-refractivity contribution in [2.75, 3.05) is 6.61 Å².